The molecule has 0 atom stereocenters. The van der Waals surface area contributed by atoms with Crippen LogP contribution in [-0.4, -0.2) is 17.7 Å². The summed E-state index contributed by atoms with van der Waals surface area (Å²) < 4.78 is 0. The topological polar surface area (TPSA) is 78.5 Å². The fourth-order valence-corrected chi connectivity index (χ4v) is 5.26. The summed E-state index contributed by atoms with van der Waals surface area (Å²) in [6.45, 7) is 0. The predicted octanol–water partition coefficient (Wildman–Crippen LogP) is 5.09. The van der Waals surface area contributed by atoms with Gasteiger partial charge >= 0.3 is 0 Å². The molecule has 0 radical (unpaired) electrons. The molecule has 2 aliphatic carbocycles. The van der Waals surface area contributed by atoms with Crippen LogP contribution in [0, 0.1) is 5.92 Å². The highest BCUT2D eigenvalue weighted by Crippen LogP contribution is 2.41. The van der Waals surface area contributed by atoms with Gasteiger partial charge in [-0.15, -0.1) is 0 Å². The molecule has 6 nitrogen and oxygen atoms in total. The molecule has 1 aliphatic heterocycles. The van der Waals surface area contributed by atoms with E-state index >= 15 is 0 Å². The quantitative estimate of drug-likeness (QED) is 0.665. The van der Waals surface area contributed by atoms with E-state index in [0.717, 1.165) is 74.0 Å². The Kier molecular flexibility index (Phi) is 5.68. The third-order valence-electron chi connectivity index (χ3n) is 6.95. The Balaban J connectivity index is 1.43. The molecular weight excluding hydrogens is 402 g/mol. The molecule has 1 saturated carbocycles. The van der Waals surface area contributed by atoms with Crippen LogP contribution in [0.5, 0.6) is 0 Å². The first-order valence-corrected chi connectivity index (χ1v) is 11.8. The standard InChI is InChI=1S/C26H29N3O3/c30-23-16-24(31)29(22-15-10-17-6-4-5-9-21(17)25(22)28-23)20-13-11-19(12-14-20)27-26(32)18-7-2-1-3-8-18/h10-15,18H,1-9,16H2,(H,27,32)(H,28,30). The lowest BCUT2D eigenvalue weighted by molar-refractivity contribution is -0.124. The Morgan fingerprint density at radius 3 is 2.44 bits per heavy atom. The molecule has 0 aromatic heterocycles. The van der Waals surface area contributed by atoms with E-state index in [2.05, 4.69) is 16.7 Å². The van der Waals surface area contributed by atoms with E-state index in [-0.39, 0.29) is 30.1 Å². The number of carbonyl (C=O) groups excluding carboxylic acids is 3. The molecule has 1 heterocycles. The first-order valence-electron chi connectivity index (χ1n) is 11.8. The number of anilines is 4. The maximum Gasteiger partial charge on any atom is 0.241 e. The molecule has 2 N–H and O–H groups in total. The van der Waals surface area contributed by atoms with Gasteiger partial charge in [-0.05, 0) is 80.0 Å². The van der Waals surface area contributed by atoms with Gasteiger partial charge in [-0.25, -0.2) is 0 Å². The number of aryl methyl sites for hydroxylation is 1. The van der Waals surface area contributed by atoms with E-state index in [1.165, 1.54) is 12.0 Å². The molecule has 3 amide bonds. The molecular formula is C26H29N3O3. The summed E-state index contributed by atoms with van der Waals surface area (Å²) in [5.41, 5.74) is 5.32. The van der Waals surface area contributed by atoms with E-state index in [0.29, 0.717) is 5.69 Å². The molecule has 0 saturated heterocycles. The van der Waals surface area contributed by atoms with Gasteiger partial charge in [0.15, 0.2) is 0 Å². The minimum atomic E-state index is -0.269. The van der Waals surface area contributed by atoms with E-state index in [1.54, 1.807) is 4.90 Å². The predicted molar refractivity (Wildman–Crippen MR) is 125 cm³/mol. The van der Waals surface area contributed by atoms with E-state index in [4.69, 9.17) is 0 Å². The van der Waals surface area contributed by atoms with Crippen LogP contribution in [0.3, 0.4) is 0 Å². The highest BCUT2D eigenvalue weighted by molar-refractivity contribution is 6.17. The number of fused-ring (bicyclic) bond motifs is 3. The van der Waals surface area contributed by atoms with Crippen LogP contribution < -0.4 is 15.5 Å². The van der Waals surface area contributed by atoms with Crippen LogP contribution in [0.4, 0.5) is 22.7 Å². The van der Waals surface area contributed by atoms with Gasteiger partial charge in [-0.3, -0.25) is 19.3 Å². The van der Waals surface area contributed by atoms with Crippen molar-refractivity contribution < 1.29 is 14.4 Å². The van der Waals surface area contributed by atoms with Crippen molar-refractivity contribution in [3.63, 3.8) is 0 Å². The molecule has 2 aromatic rings. The fourth-order valence-electron chi connectivity index (χ4n) is 5.26. The lowest BCUT2D eigenvalue weighted by Gasteiger charge is -2.27. The number of amides is 3. The summed E-state index contributed by atoms with van der Waals surface area (Å²) in [6.07, 6.45) is 9.30. The van der Waals surface area contributed by atoms with Crippen molar-refractivity contribution in [2.24, 2.45) is 5.92 Å². The molecule has 0 bridgehead atoms. The van der Waals surface area contributed by atoms with Crippen LogP contribution >= 0.6 is 0 Å². The smallest absolute Gasteiger partial charge is 0.241 e. The van der Waals surface area contributed by atoms with E-state index in [9.17, 15) is 14.4 Å². The zero-order valence-electron chi connectivity index (χ0n) is 18.3. The minimum Gasteiger partial charge on any atom is -0.326 e. The molecule has 0 spiro atoms. The number of benzene rings is 2. The average Bonchev–Trinajstić information content (AvgIpc) is 2.95. The van der Waals surface area contributed by atoms with Gasteiger partial charge in [0.05, 0.1) is 11.4 Å². The Labute approximate surface area is 188 Å². The van der Waals surface area contributed by atoms with Crippen LogP contribution in [0.25, 0.3) is 0 Å². The number of rotatable bonds is 3. The zero-order valence-corrected chi connectivity index (χ0v) is 18.3. The summed E-state index contributed by atoms with van der Waals surface area (Å²) in [6, 6.07) is 11.4. The first kappa shape index (κ1) is 20.7. The normalized spacial score (nSPS) is 18.9. The third kappa shape index (κ3) is 4.01. The molecule has 6 heteroatoms. The van der Waals surface area contributed by atoms with Crippen LogP contribution in [0.1, 0.15) is 62.5 Å². The van der Waals surface area contributed by atoms with Crippen molar-refractivity contribution in [3.05, 3.63) is 47.5 Å². The number of nitrogens with one attached hydrogen (secondary N) is 2. The summed E-state index contributed by atoms with van der Waals surface area (Å²) in [4.78, 5) is 39.7. The number of hydrogen-bond acceptors (Lipinski definition) is 3. The number of carbonyl (C=O) groups is 3. The second-order valence-corrected chi connectivity index (χ2v) is 9.13. The number of hydrogen-bond donors (Lipinski definition) is 2. The van der Waals surface area contributed by atoms with Gasteiger partial charge in [0, 0.05) is 17.3 Å². The van der Waals surface area contributed by atoms with Gasteiger partial charge in [0.2, 0.25) is 17.7 Å². The summed E-state index contributed by atoms with van der Waals surface area (Å²) in [5.74, 6) is -0.356. The van der Waals surface area contributed by atoms with Crippen molar-refractivity contribution >= 4 is 40.5 Å². The Hall–Kier alpha value is -3.15. The molecule has 32 heavy (non-hydrogen) atoms. The second kappa shape index (κ2) is 8.77. The summed E-state index contributed by atoms with van der Waals surface area (Å²) in [7, 11) is 0. The molecule has 3 aliphatic rings. The third-order valence-corrected chi connectivity index (χ3v) is 6.95. The van der Waals surface area contributed by atoms with Crippen molar-refractivity contribution in [3.8, 4) is 0 Å². The monoisotopic (exact) mass is 431 g/mol. The highest BCUT2D eigenvalue weighted by Gasteiger charge is 2.30. The van der Waals surface area contributed by atoms with E-state index < -0.39 is 0 Å². The summed E-state index contributed by atoms with van der Waals surface area (Å²) in [5, 5.41) is 6.02. The summed E-state index contributed by atoms with van der Waals surface area (Å²) >= 11 is 0. The first-order chi connectivity index (χ1) is 15.6. The molecule has 2 aromatic carbocycles. The van der Waals surface area contributed by atoms with Gasteiger partial charge in [0.1, 0.15) is 6.42 Å². The number of nitrogens with zero attached hydrogens (tertiary/aromatic N) is 1. The molecule has 166 valence electrons. The van der Waals surface area contributed by atoms with E-state index in [1.807, 2.05) is 30.3 Å². The maximum absolute atomic E-state index is 13.0. The molecule has 0 unspecified atom stereocenters. The largest absolute Gasteiger partial charge is 0.326 e. The molecule has 5 rings (SSSR count). The second-order valence-electron chi connectivity index (χ2n) is 9.13. The van der Waals surface area contributed by atoms with Gasteiger partial charge in [-0.1, -0.05) is 25.3 Å². The zero-order chi connectivity index (χ0) is 22.1. The van der Waals surface area contributed by atoms with Crippen molar-refractivity contribution in [2.75, 3.05) is 15.5 Å². The fraction of sp³-hybridized carbons (Fsp3) is 0.423. The van der Waals surface area contributed by atoms with Crippen molar-refractivity contribution in [1.82, 2.24) is 0 Å². The van der Waals surface area contributed by atoms with Gasteiger partial charge in [-0.2, -0.15) is 0 Å². The lowest BCUT2D eigenvalue weighted by atomic mass is 9.88. The van der Waals surface area contributed by atoms with Crippen molar-refractivity contribution in [2.45, 2.75) is 64.2 Å². The molecule has 1 fully saturated rings. The van der Waals surface area contributed by atoms with Crippen LogP contribution in [-0.2, 0) is 27.2 Å². The van der Waals surface area contributed by atoms with Crippen molar-refractivity contribution in [1.29, 1.82) is 0 Å². The van der Waals surface area contributed by atoms with Crippen LogP contribution in [0.15, 0.2) is 36.4 Å². The SMILES string of the molecule is O=C1CC(=O)N(c2ccc(NC(=O)C3CCCCC3)cc2)c2ccc3c(c2N1)CCCC3. The Morgan fingerprint density at radius 2 is 1.66 bits per heavy atom. The lowest BCUT2D eigenvalue weighted by Crippen LogP contribution is -2.26. The Bertz CT molecular complexity index is 1050. The highest BCUT2D eigenvalue weighted by atomic mass is 16.2. The van der Waals surface area contributed by atoms with Gasteiger partial charge in [0.25, 0.3) is 0 Å². The maximum atomic E-state index is 13.0. The minimum absolute atomic E-state index is 0.0788. The Morgan fingerprint density at radius 1 is 0.906 bits per heavy atom. The average molecular weight is 432 g/mol. The van der Waals surface area contributed by atoms with Crippen LogP contribution in [0.2, 0.25) is 0 Å². The van der Waals surface area contributed by atoms with Gasteiger partial charge < -0.3 is 10.6 Å².